The van der Waals surface area contributed by atoms with Gasteiger partial charge in [-0.2, -0.15) is 5.26 Å². The second-order valence-corrected chi connectivity index (χ2v) is 5.03. The molecule has 0 N–H and O–H groups in total. The van der Waals surface area contributed by atoms with Crippen molar-refractivity contribution in [2.45, 2.75) is 31.7 Å². The van der Waals surface area contributed by atoms with E-state index >= 15 is 0 Å². The first-order valence-electron chi connectivity index (χ1n) is 6.20. The molecule has 2 rings (SSSR count). The Hall–Kier alpha value is -2.16. The molecular formula is C13H16N4O2. The molecule has 0 aromatic carbocycles. The predicted octanol–water partition coefficient (Wildman–Crippen LogP) is 0.642. The number of nitriles is 1. The highest BCUT2D eigenvalue weighted by Crippen LogP contribution is 2.31. The smallest absolute Gasteiger partial charge is 0.271 e. The van der Waals surface area contributed by atoms with Crippen LogP contribution < -0.4 is 5.56 Å². The molecule has 0 aliphatic carbocycles. The summed E-state index contributed by atoms with van der Waals surface area (Å²) in [5.74, 6) is 0.0188. The van der Waals surface area contributed by atoms with E-state index in [1.165, 1.54) is 15.7 Å². The zero-order valence-corrected chi connectivity index (χ0v) is 11.3. The second-order valence-electron chi connectivity index (χ2n) is 5.03. The summed E-state index contributed by atoms with van der Waals surface area (Å²) in [5.41, 5.74) is -0.329. The average molecular weight is 260 g/mol. The molecule has 2 heterocycles. The van der Waals surface area contributed by atoms with Gasteiger partial charge in [0.15, 0.2) is 0 Å². The number of likely N-dealkylation sites (N-methyl/N-ethyl adjacent to an activating group) is 1. The molecule has 2 atom stereocenters. The van der Waals surface area contributed by atoms with Crippen LogP contribution in [0.25, 0.3) is 0 Å². The Kier molecular flexibility index (Phi) is 3.38. The zero-order chi connectivity index (χ0) is 14.2. The fraction of sp³-hybridized carbons (Fsp3) is 0.538. The molecule has 0 radical (unpaired) electrons. The normalized spacial score (nSPS) is 21.4. The van der Waals surface area contributed by atoms with Gasteiger partial charge < -0.3 is 4.90 Å². The van der Waals surface area contributed by atoms with Crippen LogP contribution >= 0.6 is 0 Å². The lowest BCUT2D eigenvalue weighted by Crippen LogP contribution is -2.39. The van der Waals surface area contributed by atoms with Crippen molar-refractivity contribution in [3.05, 3.63) is 27.9 Å². The van der Waals surface area contributed by atoms with Crippen molar-refractivity contribution in [2.75, 3.05) is 14.1 Å². The van der Waals surface area contributed by atoms with Gasteiger partial charge >= 0.3 is 0 Å². The average Bonchev–Trinajstić information content (AvgIpc) is 2.38. The van der Waals surface area contributed by atoms with Gasteiger partial charge in [-0.05, 0) is 19.8 Å². The molecular weight excluding hydrogens is 244 g/mol. The Labute approximate surface area is 111 Å². The first-order valence-corrected chi connectivity index (χ1v) is 6.20. The second kappa shape index (κ2) is 4.84. The van der Waals surface area contributed by atoms with Crippen LogP contribution in [0.2, 0.25) is 0 Å². The minimum absolute atomic E-state index is 0.0218. The fourth-order valence-corrected chi connectivity index (χ4v) is 2.45. The number of carbonyl (C=O) groups excluding carboxylic acids is 1. The molecule has 1 aromatic rings. The van der Waals surface area contributed by atoms with Crippen molar-refractivity contribution >= 4 is 5.91 Å². The Morgan fingerprint density at radius 1 is 1.53 bits per heavy atom. The van der Waals surface area contributed by atoms with Gasteiger partial charge in [0, 0.05) is 20.1 Å². The standard InChI is InChI=1S/C13H16N4O2/c1-8-4-5-10(13(19)16(2)3)11-15-7-9(6-14)12(18)17(8)11/h7-8,10H,4-5H2,1-3H3. The van der Waals surface area contributed by atoms with Crippen LogP contribution in [0.1, 0.15) is 43.1 Å². The molecule has 1 aliphatic heterocycles. The molecule has 1 amide bonds. The van der Waals surface area contributed by atoms with Gasteiger partial charge in [-0.3, -0.25) is 14.2 Å². The minimum Gasteiger partial charge on any atom is -0.348 e. The highest BCUT2D eigenvalue weighted by atomic mass is 16.2. The molecule has 6 heteroatoms. The van der Waals surface area contributed by atoms with Crippen molar-refractivity contribution in [1.82, 2.24) is 14.5 Å². The summed E-state index contributed by atoms with van der Waals surface area (Å²) >= 11 is 0. The topological polar surface area (TPSA) is 79.0 Å². The summed E-state index contributed by atoms with van der Waals surface area (Å²) in [6.07, 6.45) is 2.67. The van der Waals surface area contributed by atoms with Crippen LogP contribution in [0.4, 0.5) is 0 Å². The molecule has 0 saturated carbocycles. The van der Waals surface area contributed by atoms with Crippen molar-refractivity contribution in [3.63, 3.8) is 0 Å². The predicted molar refractivity (Wildman–Crippen MR) is 68.6 cm³/mol. The SMILES string of the molecule is CC1CCC(C(=O)N(C)C)c2ncc(C#N)c(=O)n21. The number of nitrogens with zero attached hydrogens (tertiary/aromatic N) is 4. The van der Waals surface area contributed by atoms with Crippen LogP contribution in [0.5, 0.6) is 0 Å². The summed E-state index contributed by atoms with van der Waals surface area (Å²) in [7, 11) is 3.37. The number of rotatable bonds is 1. The largest absolute Gasteiger partial charge is 0.348 e. The molecule has 0 bridgehead atoms. The van der Waals surface area contributed by atoms with E-state index < -0.39 is 5.92 Å². The van der Waals surface area contributed by atoms with Crippen LogP contribution in [-0.4, -0.2) is 34.5 Å². The van der Waals surface area contributed by atoms with E-state index in [1.807, 2.05) is 13.0 Å². The Bertz CT molecular complexity index is 612. The summed E-state index contributed by atoms with van der Waals surface area (Å²) < 4.78 is 1.49. The molecule has 19 heavy (non-hydrogen) atoms. The number of hydrogen-bond acceptors (Lipinski definition) is 4. The van der Waals surface area contributed by atoms with Crippen LogP contribution in [0.15, 0.2) is 11.0 Å². The van der Waals surface area contributed by atoms with Gasteiger partial charge in [-0.25, -0.2) is 4.98 Å². The molecule has 0 fully saturated rings. The van der Waals surface area contributed by atoms with E-state index in [9.17, 15) is 9.59 Å². The lowest BCUT2D eigenvalue weighted by Gasteiger charge is -2.30. The number of fused-ring (bicyclic) bond motifs is 1. The molecule has 1 aromatic heterocycles. The highest BCUT2D eigenvalue weighted by Gasteiger charge is 2.33. The quantitative estimate of drug-likeness (QED) is 0.742. The summed E-state index contributed by atoms with van der Waals surface area (Å²) in [6, 6.07) is 1.81. The molecule has 6 nitrogen and oxygen atoms in total. The van der Waals surface area contributed by atoms with Gasteiger partial charge in [0.25, 0.3) is 5.56 Å². The lowest BCUT2D eigenvalue weighted by atomic mass is 9.93. The van der Waals surface area contributed by atoms with Crippen molar-refractivity contribution < 1.29 is 4.79 Å². The summed E-state index contributed by atoms with van der Waals surface area (Å²) in [6.45, 7) is 1.91. The Morgan fingerprint density at radius 3 is 2.79 bits per heavy atom. The van der Waals surface area contributed by atoms with Crippen molar-refractivity contribution in [3.8, 4) is 6.07 Å². The van der Waals surface area contributed by atoms with Gasteiger partial charge in [0.1, 0.15) is 17.5 Å². The first kappa shape index (κ1) is 13.3. The van der Waals surface area contributed by atoms with Crippen molar-refractivity contribution in [1.29, 1.82) is 5.26 Å². The summed E-state index contributed by atoms with van der Waals surface area (Å²) in [4.78, 5) is 30.0. The van der Waals surface area contributed by atoms with E-state index in [4.69, 9.17) is 5.26 Å². The maximum Gasteiger partial charge on any atom is 0.271 e. The van der Waals surface area contributed by atoms with E-state index in [1.54, 1.807) is 14.1 Å². The molecule has 100 valence electrons. The van der Waals surface area contributed by atoms with E-state index in [0.717, 1.165) is 6.42 Å². The number of hydrogen-bond donors (Lipinski definition) is 0. The molecule has 0 spiro atoms. The molecule has 1 aliphatic rings. The third-order valence-corrected chi connectivity index (χ3v) is 3.51. The third-order valence-electron chi connectivity index (χ3n) is 3.51. The van der Waals surface area contributed by atoms with Gasteiger partial charge in [0.05, 0.1) is 12.1 Å². The van der Waals surface area contributed by atoms with Crippen LogP contribution in [0, 0.1) is 11.3 Å². The van der Waals surface area contributed by atoms with Gasteiger partial charge in [-0.15, -0.1) is 0 Å². The summed E-state index contributed by atoms with van der Waals surface area (Å²) in [5, 5.41) is 8.89. The number of aromatic nitrogens is 2. The number of amides is 1. The Morgan fingerprint density at radius 2 is 2.21 bits per heavy atom. The Balaban J connectivity index is 2.59. The van der Waals surface area contributed by atoms with E-state index in [-0.39, 0.29) is 23.1 Å². The minimum atomic E-state index is -0.397. The monoisotopic (exact) mass is 260 g/mol. The molecule has 0 saturated heterocycles. The van der Waals surface area contributed by atoms with E-state index in [2.05, 4.69) is 4.98 Å². The van der Waals surface area contributed by atoms with Crippen molar-refractivity contribution in [2.24, 2.45) is 0 Å². The highest BCUT2D eigenvalue weighted by molar-refractivity contribution is 5.82. The number of carbonyl (C=O) groups is 1. The molecule has 2 unspecified atom stereocenters. The third kappa shape index (κ3) is 2.12. The van der Waals surface area contributed by atoms with Gasteiger partial charge in [0.2, 0.25) is 5.91 Å². The maximum absolute atomic E-state index is 12.2. The lowest BCUT2D eigenvalue weighted by molar-refractivity contribution is -0.131. The van der Waals surface area contributed by atoms with Gasteiger partial charge in [-0.1, -0.05) is 0 Å². The van der Waals surface area contributed by atoms with Crippen LogP contribution in [0.3, 0.4) is 0 Å². The fourth-order valence-electron chi connectivity index (χ4n) is 2.45. The first-order chi connectivity index (χ1) is 8.97. The maximum atomic E-state index is 12.2. The van der Waals surface area contributed by atoms with Crippen LogP contribution in [-0.2, 0) is 4.79 Å². The zero-order valence-electron chi connectivity index (χ0n) is 11.3. The van der Waals surface area contributed by atoms with E-state index in [0.29, 0.717) is 12.2 Å².